The number of nitrogens with zero attached hydrogens (tertiary/aromatic N) is 2. The molecule has 4 rings (SSSR count). The predicted molar refractivity (Wildman–Crippen MR) is 101 cm³/mol. The summed E-state index contributed by atoms with van der Waals surface area (Å²) in [4.78, 5) is 24.2. The number of benzene rings is 1. The third-order valence-electron chi connectivity index (χ3n) is 5.55. The van der Waals surface area contributed by atoms with E-state index in [4.69, 9.17) is 10.8 Å². The summed E-state index contributed by atoms with van der Waals surface area (Å²) in [6.45, 7) is 2.76. The van der Waals surface area contributed by atoms with Crippen LogP contribution in [0.25, 0.3) is 0 Å². The quantitative estimate of drug-likeness (QED) is 0.643. The maximum atomic E-state index is 13.3. The van der Waals surface area contributed by atoms with Crippen LogP contribution < -0.4 is 16.4 Å². The van der Waals surface area contributed by atoms with Crippen LogP contribution in [0.5, 0.6) is 0 Å². The van der Waals surface area contributed by atoms with Crippen molar-refractivity contribution in [2.45, 2.75) is 44.6 Å². The number of nitrogens with one attached hydrogen (secondary N) is 2. The minimum Gasteiger partial charge on any atom is -0.465 e. The van der Waals surface area contributed by atoms with Crippen molar-refractivity contribution in [1.82, 2.24) is 15.1 Å². The number of aryl methyl sites for hydroxylation is 1. The van der Waals surface area contributed by atoms with Crippen molar-refractivity contribution in [3.05, 3.63) is 40.6 Å². The first-order chi connectivity index (χ1) is 13.0. The Kier molecular flexibility index (Phi) is 4.25. The van der Waals surface area contributed by atoms with Crippen LogP contribution in [0.4, 0.5) is 16.3 Å². The highest BCUT2D eigenvalue weighted by Gasteiger charge is 2.33. The molecular weight excluding hydrogens is 346 g/mol. The van der Waals surface area contributed by atoms with Crippen molar-refractivity contribution in [3.63, 3.8) is 0 Å². The maximum Gasteiger partial charge on any atom is 0.404 e. The average Bonchev–Trinajstić information content (AvgIpc) is 2.97. The van der Waals surface area contributed by atoms with E-state index < -0.39 is 6.09 Å². The van der Waals surface area contributed by atoms with Gasteiger partial charge in [0.1, 0.15) is 5.82 Å². The second kappa shape index (κ2) is 6.61. The number of anilines is 2. The predicted octanol–water partition coefficient (Wildman–Crippen LogP) is 2.14. The van der Waals surface area contributed by atoms with Gasteiger partial charge in [0.2, 0.25) is 0 Å². The van der Waals surface area contributed by atoms with Crippen molar-refractivity contribution in [2.75, 3.05) is 17.6 Å². The molecule has 1 aromatic carbocycles. The average molecular weight is 369 g/mol. The van der Waals surface area contributed by atoms with Crippen LogP contribution in [0.2, 0.25) is 0 Å². The van der Waals surface area contributed by atoms with E-state index >= 15 is 0 Å². The fraction of sp³-hybridized carbons (Fsp3) is 0.421. The summed E-state index contributed by atoms with van der Waals surface area (Å²) in [5.41, 5.74) is 10.8. The standard InChI is InChI=1S/C19H23N5O3/c1-10-3-2-4-12-13(7-8-21-16(10)12)18(25)24-15-6-5-11(22-19(26)27)9-14(15)17(20)23-24/h2-4,11,13,21-22H,5-9H2,1H3,(H2,20,23)(H,26,27)/t11-,13?/m0/s1. The number of nitrogens with two attached hydrogens (primary N) is 1. The summed E-state index contributed by atoms with van der Waals surface area (Å²) in [7, 11) is 0. The Balaban J connectivity index is 1.66. The summed E-state index contributed by atoms with van der Waals surface area (Å²) < 4.78 is 1.46. The van der Waals surface area contributed by atoms with Crippen molar-refractivity contribution in [2.24, 2.45) is 0 Å². The Morgan fingerprint density at radius 2 is 2.19 bits per heavy atom. The van der Waals surface area contributed by atoms with E-state index in [-0.39, 0.29) is 17.9 Å². The number of rotatable bonds is 2. The molecule has 2 heterocycles. The first-order valence-corrected chi connectivity index (χ1v) is 9.19. The van der Waals surface area contributed by atoms with Gasteiger partial charge in [-0.1, -0.05) is 18.2 Å². The molecule has 8 heteroatoms. The van der Waals surface area contributed by atoms with E-state index in [9.17, 15) is 9.59 Å². The van der Waals surface area contributed by atoms with Crippen molar-refractivity contribution in [1.29, 1.82) is 0 Å². The molecule has 1 unspecified atom stereocenters. The smallest absolute Gasteiger partial charge is 0.404 e. The zero-order chi connectivity index (χ0) is 19.1. The van der Waals surface area contributed by atoms with Crippen molar-refractivity contribution in [3.8, 4) is 0 Å². The number of hydrogen-bond donors (Lipinski definition) is 4. The monoisotopic (exact) mass is 369 g/mol. The molecule has 5 N–H and O–H groups in total. The van der Waals surface area contributed by atoms with Gasteiger partial charge in [0, 0.05) is 23.8 Å². The van der Waals surface area contributed by atoms with Crippen LogP contribution in [0.3, 0.4) is 0 Å². The van der Waals surface area contributed by atoms with Gasteiger partial charge in [-0.05, 0) is 43.7 Å². The molecule has 27 heavy (non-hydrogen) atoms. The number of aromatic nitrogens is 2. The van der Waals surface area contributed by atoms with Gasteiger partial charge in [-0.25, -0.2) is 9.48 Å². The highest BCUT2D eigenvalue weighted by Crippen LogP contribution is 2.36. The number of nitrogen functional groups attached to an aromatic ring is 1. The number of fused-ring (bicyclic) bond motifs is 2. The maximum absolute atomic E-state index is 13.3. The van der Waals surface area contributed by atoms with E-state index in [0.717, 1.165) is 34.6 Å². The topological polar surface area (TPSA) is 122 Å². The third-order valence-corrected chi connectivity index (χ3v) is 5.55. The van der Waals surface area contributed by atoms with Crippen LogP contribution in [0.15, 0.2) is 18.2 Å². The molecule has 0 radical (unpaired) electrons. The number of para-hydroxylation sites is 1. The summed E-state index contributed by atoms with van der Waals surface area (Å²) >= 11 is 0. The Morgan fingerprint density at radius 3 is 2.96 bits per heavy atom. The highest BCUT2D eigenvalue weighted by molar-refractivity contribution is 5.89. The number of amides is 1. The van der Waals surface area contributed by atoms with Gasteiger partial charge < -0.3 is 21.5 Å². The summed E-state index contributed by atoms with van der Waals surface area (Å²) in [6.07, 6.45) is 1.31. The molecule has 2 aliphatic rings. The lowest BCUT2D eigenvalue weighted by Crippen LogP contribution is -2.38. The SMILES string of the molecule is Cc1cccc2c1NCCC2C(=O)n1nc(N)c2c1CC[C@H](NC(=O)O)C2. The molecule has 142 valence electrons. The van der Waals surface area contributed by atoms with Crippen molar-refractivity contribution >= 4 is 23.5 Å². The normalized spacial score (nSPS) is 20.9. The fourth-order valence-electron chi connectivity index (χ4n) is 4.25. The molecule has 1 aliphatic heterocycles. The minimum absolute atomic E-state index is 0.0686. The molecule has 0 fully saturated rings. The first kappa shape index (κ1) is 17.4. The van der Waals surface area contributed by atoms with Crippen LogP contribution in [-0.2, 0) is 12.8 Å². The van der Waals surface area contributed by atoms with Crippen LogP contribution in [0, 0.1) is 6.92 Å². The molecule has 2 aromatic rings. The molecule has 8 nitrogen and oxygen atoms in total. The lowest BCUT2D eigenvalue weighted by Gasteiger charge is -2.28. The summed E-state index contributed by atoms with van der Waals surface area (Å²) in [6, 6.07) is 5.79. The summed E-state index contributed by atoms with van der Waals surface area (Å²) in [5.74, 6) is -0.0194. The lowest BCUT2D eigenvalue weighted by molar-refractivity contribution is 0.0851. The van der Waals surface area contributed by atoms with E-state index in [1.165, 1.54) is 4.68 Å². The largest absolute Gasteiger partial charge is 0.465 e. The molecule has 0 saturated heterocycles. The fourth-order valence-corrected chi connectivity index (χ4v) is 4.25. The highest BCUT2D eigenvalue weighted by atomic mass is 16.4. The number of carbonyl (C=O) groups is 2. The van der Waals surface area contributed by atoms with Gasteiger partial charge in [-0.2, -0.15) is 0 Å². The molecule has 0 spiro atoms. The molecule has 1 amide bonds. The summed E-state index contributed by atoms with van der Waals surface area (Å²) in [5, 5.41) is 19.2. The molecule has 1 aromatic heterocycles. The molecule has 0 saturated carbocycles. The van der Waals surface area contributed by atoms with E-state index in [0.29, 0.717) is 31.5 Å². The Labute approximate surface area is 156 Å². The molecular formula is C19H23N5O3. The van der Waals surface area contributed by atoms with Crippen LogP contribution in [-0.4, -0.2) is 39.5 Å². The Hall–Kier alpha value is -3.03. The zero-order valence-electron chi connectivity index (χ0n) is 15.2. The Bertz CT molecular complexity index is 920. The lowest BCUT2D eigenvalue weighted by atomic mass is 9.88. The third kappa shape index (κ3) is 3.01. The van der Waals surface area contributed by atoms with E-state index in [1.807, 2.05) is 25.1 Å². The first-order valence-electron chi connectivity index (χ1n) is 9.19. The van der Waals surface area contributed by atoms with Gasteiger partial charge in [-0.15, -0.1) is 5.10 Å². The zero-order valence-corrected chi connectivity index (χ0v) is 15.2. The second-order valence-electron chi connectivity index (χ2n) is 7.26. The second-order valence-corrected chi connectivity index (χ2v) is 7.26. The number of hydrogen-bond acceptors (Lipinski definition) is 5. The van der Waals surface area contributed by atoms with E-state index in [2.05, 4.69) is 15.7 Å². The molecule has 0 bridgehead atoms. The molecule has 2 atom stereocenters. The van der Waals surface area contributed by atoms with Gasteiger partial charge in [0.05, 0.1) is 11.6 Å². The van der Waals surface area contributed by atoms with Gasteiger partial charge in [0.15, 0.2) is 0 Å². The van der Waals surface area contributed by atoms with Crippen LogP contribution >= 0.6 is 0 Å². The minimum atomic E-state index is -1.05. The van der Waals surface area contributed by atoms with Gasteiger partial charge in [0.25, 0.3) is 5.91 Å². The molecule has 1 aliphatic carbocycles. The Morgan fingerprint density at radius 1 is 1.37 bits per heavy atom. The van der Waals surface area contributed by atoms with Crippen molar-refractivity contribution < 1.29 is 14.7 Å². The van der Waals surface area contributed by atoms with E-state index in [1.54, 1.807) is 0 Å². The number of carboxylic acid groups (broad SMARTS) is 1. The van der Waals surface area contributed by atoms with Gasteiger partial charge >= 0.3 is 6.09 Å². The van der Waals surface area contributed by atoms with Gasteiger partial charge in [-0.3, -0.25) is 4.79 Å². The number of carbonyl (C=O) groups excluding carboxylic acids is 1. The van der Waals surface area contributed by atoms with Crippen LogP contribution in [0.1, 0.15) is 45.9 Å².